The third kappa shape index (κ3) is 4.89. The molecule has 0 radical (unpaired) electrons. The number of carbonyl (C=O) groups excluding carboxylic acids is 1. The lowest BCUT2D eigenvalue weighted by atomic mass is 10.0. The molecule has 0 saturated carbocycles. The second kappa shape index (κ2) is 9.67. The predicted octanol–water partition coefficient (Wildman–Crippen LogP) is 5.29. The molecule has 31 heavy (non-hydrogen) atoms. The Bertz CT molecular complexity index is 1020. The monoisotopic (exact) mass is 416 g/mol. The summed E-state index contributed by atoms with van der Waals surface area (Å²) in [5.74, 6) is 1.64. The SMILES string of the molecule is COc1ccc(OC)c([C@@H]2CCCN2Cc2ccc(C(=O)Nc3ccccc3)cc2)c1. The topological polar surface area (TPSA) is 50.8 Å². The molecule has 0 spiro atoms. The third-order valence-corrected chi connectivity index (χ3v) is 5.79. The maximum absolute atomic E-state index is 12.5. The molecule has 160 valence electrons. The number of para-hydroxylation sites is 1. The lowest BCUT2D eigenvalue weighted by molar-refractivity contribution is 0.102. The summed E-state index contributed by atoms with van der Waals surface area (Å²) in [5.41, 5.74) is 3.80. The Balaban J connectivity index is 1.46. The van der Waals surface area contributed by atoms with Gasteiger partial charge in [-0.15, -0.1) is 0 Å². The van der Waals surface area contributed by atoms with Crippen LogP contribution in [0.3, 0.4) is 0 Å². The molecule has 4 rings (SSSR count). The molecule has 1 heterocycles. The van der Waals surface area contributed by atoms with Crippen LogP contribution in [-0.4, -0.2) is 31.6 Å². The van der Waals surface area contributed by atoms with Gasteiger partial charge in [-0.2, -0.15) is 0 Å². The van der Waals surface area contributed by atoms with Crippen LogP contribution in [0.4, 0.5) is 5.69 Å². The average Bonchev–Trinajstić information content (AvgIpc) is 3.27. The van der Waals surface area contributed by atoms with E-state index in [1.807, 2.05) is 66.7 Å². The van der Waals surface area contributed by atoms with Gasteiger partial charge >= 0.3 is 0 Å². The zero-order valence-corrected chi connectivity index (χ0v) is 18.0. The van der Waals surface area contributed by atoms with Gasteiger partial charge < -0.3 is 14.8 Å². The van der Waals surface area contributed by atoms with Crippen molar-refractivity contribution in [3.05, 3.63) is 89.5 Å². The van der Waals surface area contributed by atoms with E-state index in [0.29, 0.717) is 5.56 Å². The van der Waals surface area contributed by atoms with Crippen LogP contribution in [0.25, 0.3) is 0 Å². The molecule has 1 aliphatic heterocycles. The highest BCUT2D eigenvalue weighted by atomic mass is 16.5. The van der Waals surface area contributed by atoms with Crippen LogP contribution in [-0.2, 0) is 6.54 Å². The summed E-state index contributed by atoms with van der Waals surface area (Å²) in [4.78, 5) is 15.0. The molecule has 5 heteroatoms. The van der Waals surface area contributed by atoms with Crippen molar-refractivity contribution in [1.82, 2.24) is 4.90 Å². The van der Waals surface area contributed by atoms with E-state index in [9.17, 15) is 4.79 Å². The first-order chi connectivity index (χ1) is 15.2. The third-order valence-electron chi connectivity index (χ3n) is 5.79. The Morgan fingerprint density at radius 1 is 1.00 bits per heavy atom. The molecular weight excluding hydrogens is 388 g/mol. The van der Waals surface area contributed by atoms with Crippen molar-refractivity contribution < 1.29 is 14.3 Å². The lowest BCUT2D eigenvalue weighted by Crippen LogP contribution is -2.23. The van der Waals surface area contributed by atoms with E-state index in [1.54, 1.807) is 14.2 Å². The van der Waals surface area contributed by atoms with Crippen molar-refractivity contribution in [3.8, 4) is 11.5 Å². The number of hydrogen-bond donors (Lipinski definition) is 1. The first-order valence-corrected chi connectivity index (χ1v) is 10.6. The maximum Gasteiger partial charge on any atom is 0.255 e. The van der Waals surface area contributed by atoms with Gasteiger partial charge in [-0.1, -0.05) is 30.3 Å². The summed E-state index contributed by atoms with van der Waals surface area (Å²) in [6, 6.07) is 23.6. The molecule has 1 atom stereocenters. The number of benzene rings is 3. The minimum Gasteiger partial charge on any atom is -0.497 e. The summed E-state index contributed by atoms with van der Waals surface area (Å²) in [5, 5.41) is 2.93. The van der Waals surface area contributed by atoms with Crippen LogP contribution >= 0.6 is 0 Å². The molecule has 1 aliphatic rings. The summed E-state index contributed by atoms with van der Waals surface area (Å²) < 4.78 is 11.1. The fourth-order valence-corrected chi connectivity index (χ4v) is 4.19. The van der Waals surface area contributed by atoms with Crippen molar-refractivity contribution in [2.24, 2.45) is 0 Å². The first kappa shape index (κ1) is 20.9. The van der Waals surface area contributed by atoms with Crippen molar-refractivity contribution in [2.45, 2.75) is 25.4 Å². The van der Waals surface area contributed by atoms with Crippen LogP contribution in [0.2, 0.25) is 0 Å². The summed E-state index contributed by atoms with van der Waals surface area (Å²) >= 11 is 0. The number of nitrogens with one attached hydrogen (secondary N) is 1. The Morgan fingerprint density at radius 2 is 1.77 bits per heavy atom. The summed E-state index contributed by atoms with van der Waals surface area (Å²) in [6.45, 7) is 1.85. The molecule has 1 saturated heterocycles. The number of rotatable bonds is 7. The molecule has 0 aliphatic carbocycles. The molecule has 1 amide bonds. The van der Waals surface area contributed by atoms with Gasteiger partial charge in [0.2, 0.25) is 0 Å². The number of anilines is 1. The molecule has 1 fully saturated rings. The van der Waals surface area contributed by atoms with Crippen molar-refractivity contribution in [1.29, 1.82) is 0 Å². The first-order valence-electron chi connectivity index (χ1n) is 10.6. The quantitative estimate of drug-likeness (QED) is 0.568. The molecule has 0 aromatic heterocycles. The van der Waals surface area contributed by atoms with E-state index >= 15 is 0 Å². The Labute approximate surface area is 183 Å². The second-order valence-corrected chi connectivity index (χ2v) is 7.75. The number of likely N-dealkylation sites (tertiary alicyclic amines) is 1. The Morgan fingerprint density at radius 3 is 2.48 bits per heavy atom. The minimum absolute atomic E-state index is 0.0992. The number of ether oxygens (including phenoxy) is 2. The van der Waals surface area contributed by atoms with Crippen LogP contribution in [0.1, 0.15) is 40.4 Å². The van der Waals surface area contributed by atoms with Gasteiger partial charge in [0.05, 0.1) is 14.2 Å². The zero-order valence-electron chi connectivity index (χ0n) is 18.0. The predicted molar refractivity (Wildman–Crippen MR) is 123 cm³/mol. The number of hydrogen-bond acceptors (Lipinski definition) is 4. The van der Waals surface area contributed by atoms with Crippen LogP contribution < -0.4 is 14.8 Å². The van der Waals surface area contributed by atoms with Gasteiger partial charge in [-0.05, 0) is 67.4 Å². The van der Waals surface area contributed by atoms with Crippen LogP contribution in [0, 0.1) is 0 Å². The van der Waals surface area contributed by atoms with Gasteiger partial charge in [-0.3, -0.25) is 9.69 Å². The van der Waals surface area contributed by atoms with E-state index in [4.69, 9.17) is 9.47 Å². The molecular formula is C26H28N2O3. The maximum atomic E-state index is 12.5. The summed E-state index contributed by atoms with van der Waals surface area (Å²) in [6.07, 6.45) is 2.23. The fraction of sp³-hybridized carbons (Fsp3) is 0.269. The largest absolute Gasteiger partial charge is 0.497 e. The zero-order chi connectivity index (χ0) is 21.6. The number of carbonyl (C=O) groups is 1. The van der Waals surface area contributed by atoms with Gasteiger partial charge in [-0.25, -0.2) is 0 Å². The Hall–Kier alpha value is -3.31. The number of nitrogens with zero attached hydrogens (tertiary/aromatic N) is 1. The number of methoxy groups -OCH3 is 2. The minimum atomic E-state index is -0.0992. The Kier molecular flexibility index (Phi) is 6.53. The van der Waals surface area contributed by atoms with Crippen molar-refractivity contribution in [2.75, 3.05) is 26.1 Å². The van der Waals surface area contributed by atoms with Gasteiger partial charge in [0.25, 0.3) is 5.91 Å². The second-order valence-electron chi connectivity index (χ2n) is 7.75. The van der Waals surface area contributed by atoms with Gasteiger partial charge in [0, 0.05) is 29.4 Å². The molecule has 3 aromatic carbocycles. The van der Waals surface area contributed by atoms with E-state index < -0.39 is 0 Å². The lowest BCUT2D eigenvalue weighted by Gasteiger charge is -2.26. The van der Waals surface area contributed by atoms with Crippen LogP contribution in [0.15, 0.2) is 72.8 Å². The molecule has 3 aromatic rings. The van der Waals surface area contributed by atoms with Crippen LogP contribution in [0.5, 0.6) is 11.5 Å². The standard InChI is InChI=1S/C26H28N2O3/c1-30-22-14-15-25(31-2)23(17-22)24-9-6-16-28(24)18-19-10-12-20(13-11-19)26(29)27-21-7-4-3-5-8-21/h3-5,7-8,10-15,17,24H,6,9,16,18H2,1-2H3,(H,27,29)/t24-/m0/s1. The molecule has 0 bridgehead atoms. The molecule has 1 N–H and O–H groups in total. The summed E-state index contributed by atoms with van der Waals surface area (Å²) in [7, 11) is 3.40. The highest BCUT2D eigenvalue weighted by molar-refractivity contribution is 6.04. The van der Waals surface area contributed by atoms with E-state index in [-0.39, 0.29) is 11.9 Å². The smallest absolute Gasteiger partial charge is 0.255 e. The van der Waals surface area contributed by atoms with E-state index in [2.05, 4.69) is 16.3 Å². The molecule has 0 unspecified atom stereocenters. The van der Waals surface area contributed by atoms with E-state index in [0.717, 1.165) is 43.1 Å². The van der Waals surface area contributed by atoms with Gasteiger partial charge in [0.1, 0.15) is 11.5 Å². The van der Waals surface area contributed by atoms with Crippen molar-refractivity contribution in [3.63, 3.8) is 0 Å². The van der Waals surface area contributed by atoms with Crippen molar-refractivity contribution >= 4 is 11.6 Å². The highest BCUT2D eigenvalue weighted by Crippen LogP contribution is 2.39. The number of amides is 1. The van der Waals surface area contributed by atoms with Gasteiger partial charge in [0.15, 0.2) is 0 Å². The molecule has 5 nitrogen and oxygen atoms in total. The average molecular weight is 417 g/mol. The fourth-order valence-electron chi connectivity index (χ4n) is 4.19. The van der Waals surface area contributed by atoms with E-state index in [1.165, 1.54) is 11.1 Å². The normalized spacial score (nSPS) is 16.1. The highest BCUT2D eigenvalue weighted by Gasteiger charge is 2.28.